The fourth-order valence-corrected chi connectivity index (χ4v) is 3.54. The highest BCUT2D eigenvalue weighted by atomic mass is 79.9. The molecule has 2 aromatic carbocycles. The zero-order chi connectivity index (χ0) is 22.4. The lowest BCUT2D eigenvalue weighted by atomic mass is 10.0. The van der Waals surface area contributed by atoms with E-state index in [-0.39, 0.29) is 6.54 Å². The lowest BCUT2D eigenvalue weighted by Crippen LogP contribution is -2.35. The molecule has 0 bridgehead atoms. The summed E-state index contributed by atoms with van der Waals surface area (Å²) in [6.45, 7) is 3.06. The van der Waals surface area contributed by atoms with Crippen LogP contribution in [0.3, 0.4) is 0 Å². The second-order valence-electron chi connectivity index (χ2n) is 6.81. The van der Waals surface area contributed by atoms with E-state index in [1.54, 1.807) is 24.3 Å². The molecule has 0 saturated heterocycles. The van der Waals surface area contributed by atoms with Crippen LogP contribution in [-0.4, -0.2) is 35.9 Å². The monoisotopic (exact) mass is 483 g/mol. The van der Waals surface area contributed by atoms with Crippen LogP contribution in [0.25, 0.3) is 10.9 Å². The molecule has 1 aromatic heterocycles. The number of pyridine rings is 1. The number of aryl methyl sites for hydroxylation is 1. The van der Waals surface area contributed by atoms with Crippen molar-refractivity contribution in [3.05, 3.63) is 69.8 Å². The molecule has 31 heavy (non-hydrogen) atoms. The molecule has 0 unspecified atom stereocenters. The Labute approximate surface area is 188 Å². The molecule has 0 atom stereocenters. The molecule has 0 aliphatic heterocycles. The Balaban J connectivity index is 1.60. The maximum Gasteiger partial charge on any atom is 0.339 e. The number of benzene rings is 2. The van der Waals surface area contributed by atoms with E-state index in [1.165, 1.54) is 0 Å². The number of aromatic nitrogens is 1. The van der Waals surface area contributed by atoms with Gasteiger partial charge in [0.25, 0.3) is 5.91 Å². The van der Waals surface area contributed by atoms with Crippen molar-refractivity contribution in [1.82, 2.24) is 10.3 Å². The largest absolute Gasteiger partial charge is 0.452 e. The fraction of sp³-hybridized carbons (Fsp3) is 0.217. The Morgan fingerprint density at radius 3 is 2.48 bits per heavy atom. The first kappa shape index (κ1) is 22.4. The third-order valence-electron chi connectivity index (χ3n) is 4.70. The third-order valence-corrected chi connectivity index (χ3v) is 5.40. The van der Waals surface area contributed by atoms with Crippen LogP contribution in [0.4, 0.5) is 5.69 Å². The van der Waals surface area contributed by atoms with Crippen molar-refractivity contribution in [2.24, 2.45) is 0 Å². The van der Waals surface area contributed by atoms with Crippen LogP contribution < -0.4 is 10.6 Å². The topological polar surface area (TPSA) is 97.4 Å². The molecule has 0 aliphatic carbocycles. The van der Waals surface area contributed by atoms with Gasteiger partial charge in [0.15, 0.2) is 6.61 Å². The number of carbonyl (C=O) groups is 3. The van der Waals surface area contributed by atoms with Crippen molar-refractivity contribution in [3.8, 4) is 0 Å². The van der Waals surface area contributed by atoms with E-state index in [1.807, 2.05) is 38.1 Å². The van der Waals surface area contributed by atoms with Crippen molar-refractivity contribution in [3.63, 3.8) is 0 Å². The molecule has 3 rings (SSSR count). The lowest BCUT2D eigenvalue weighted by molar-refractivity contribution is -0.126. The van der Waals surface area contributed by atoms with E-state index in [2.05, 4.69) is 31.5 Å². The van der Waals surface area contributed by atoms with Gasteiger partial charge < -0.3 is 15.4 Å². The number of esters is 1. The quantitative estimate of drug-likeness (QED) is 0.498. The van der Waals surface area contributed by atoms with Crippen molar-refractivity contribution >= 4 is 50.3 Å². The number of hydrogen-bond donors (Lipinski definition) is 2. The zero-order valence-electron chi connectivity index (χ0n) is 17.2. The fourth-order valence-electron chi connectivity index (χ4n) is 3.16. The second-order valence-corrected chi connectivity index (χ2v) is 7.66. The number of nitrogens with one attached hydrogen (secondary N) is 2. The maximum absolute atomic E-state index is 12.8. The van der Waals surface area contributed by atoms with Crippen LogP contribution in [-0.2, 0) is 20.7 Å². The standard InChI is InChI=1S/C23H22BrN3O4/c1-3-17-14(2)22(15-8-4-6-10-18(15)26-17)23(30)31-13-21(29)25-12-20(28)27-19-11-7-5-9-16(19)24/h4-11H,3,12-13H2,1-2H3,(H,25,29)(H,27,28). The van der Waals surface area contributed by atoms with Gasteiger partial charge in [0.05, 0.1) is 23.3 Å². The van der Waals surface area contributed by atoms with Crippen molar-refractivity contribution < 1.29 is 19.1 Å². The van der Waals surface area contributed by atoms with Crippen molar-refractivity contribution in [2.75, 3.05) is 18.5 Å². The van der Waals surface area contributed by atoms with E-state index >= 15 is 0 Å². The Bertz CT molecular complexity index is 1150. The van der Waals surface area contributed by atoms with Gasteiger partial charge in [0, 0.05) is 15.6 Å². The minimum Gasteiger partial charge on any atom is -0.452 e. The molecular formula is C23H22BrN3O4. The first-order valence-electron chi connectivity index (χ1n) is 9.77. The number of halogens is 1. The normalized spacial score (nSPS) is 10.5. The van der Waals surface area contributed by atoms with Crippen molar-refractivity contribution in [2.45, 2.75) is 20.3 Å². The van der Waals surface area contributed by atoms with Gasteiger partial charge in [0.2, 0.25) is 5.91 Å². The highest BCUT2D eigenvalue weighted by Crippen LogP contribution is 2.24. The number of rotatable bonds is 7. The summed E-state index contributed by atoms with van der Waals surface area (Å²) < 4.78 is 5.96. The second kappa shape index (κ2) is 10.2. The Hall–Kier alpha value is -3.26. The van der Waals surface area contributed by atoms with Crippen LogP contribution in [0.5, 0.6) is 0 Å². The molecule has 3 aromatic rings. The predicted octanol–water partition coefficient (Wildman–Crippen LogP) is 3.78. The summed E-state index contributed by atoms with van der Waals surface area (Å²) in [6, 6.07) is 14.5. The van der Waals surface area contributed by atoms with Crippen molar-refractivity contribution in [1.29, 1.82) is 0 Å². The Kier molecular flexibility index (Phi) is 7.36. The molecule has 1 heterocycles. The highest BCUT2D eigenvalue weighted by Gasteiger charge is 2.19. The highest BCUT2D eigenvalue weighted by molar-refractivity contribution is 9.10. The average molecular weight is 484 g/mol. The summed E-state index contributed by atoms with van der Waals surface area (Å²) in [4.78, 5) is 41.5. The Morgan fingerprint density at radius 2 is 1.74 bits per heavy atom. The first-order chi connectivity index (χ1) is 14.9. The molecule has 7 nitrogen and oxygen atoms in total. The summed E-state index contributed by atoms with van der Waals surface area (Å²) in [5.41, 5.74) is 3.24. The van der Waals surface area contributed by atoms with E-state index < -0.39 is 24.4 Å². The van der Waals surface area contributed by atoms with Gasteiger partial charge in [-0.25, -0.2) is 4.79 Å². The third kappa shape index (κ3) is 5.46. The van der Waals surface area contributed by atoms with E-state index in [9.17, 15) is 14.4 Å². The number of carbonyl (C=O) groups excluding carboxylic acids is 3. The number of hydrogen-bond acceptors (Lipinski definition) is 5. The Morgan fingerprint density at radius 1 is 1.03 bits per heavy atom. The minimum atomic E-state index is -0.599. The first-order valence-corrected chi connectivity index (χ1v) is 10.6. The van der Waals surface area contributed by atoms with Gasteiger partial charge in [-0.1, -0.05) is 37.3 Å². The number of nitrogens with zero attached hydrogens (tertiary/aromatic N) is 1. The lowest BCUT2D eigenvalue weighted by Gasteiger charge is -2.13. The molecule has 2 amide bonds. The molecular weight excluding hydrogens is 462 g/mol. The molecule has 0 fully saturated rings. The van der Waals surface area contributed by atoms with Gasteiger partial charge in [-0.05, 0) is 53.0 Å². The average Bonchev–Trinajstić information content (AvgIpc) is 2.77. The summed E-state index contributed by atoms with van der Waals surface area (Å²) in [6.07, 6.45) is 0.671. The van der Waals surface area contributed by atoms with Crippen LogP contribution in [0, 0.1) is 6.92 Å². The SMILES string of the molecule is CCc1nc2ccccc2c(C(=O)OCC(=O)NCC(=O)Nc2ccccc2Br)c1C. The summed E-state index contributed by atoms with van der Waals surface area (Å²) in [5.74, 6) is -1.56. The summed E-state index contributed by atoms with van der Waals surface area (Å²) >= 11 is 3.34. The number of para-hydroxylation sites is 2. The van der Waals surface area contributed by atoms with Crippen LogP contribution in [0.1, 0.15) is 28.5 Å². The summed E-state index contributed by atoms with van der Waals surface area (Å²) in [7, 11) is 0. The molecule has 0 saturated carbocycles. The molecule has 0 aliphatic rings. The van der Waals surface area contributed by atoms with Gasteiger partial charge in [-0.15, -0.1) is 0 Å². The number of anilines is 1. The summed E-state index contributed by atoms with van der Waals surface area (Å²) in [5, 5.41) is 5.81. The number of amides is 2. The van der Waals surface area contributed by atoms with E-state index in [0.717, 1.165) is 15.7 Å². The van der Waals surface area contributed by atoms with Crippen LogP contribution in [0.15, 0.2) is 53.0 Å². The van der Waals surface area contributed by atoms with Gasteiger partial charge in [-0.2, -0.15) is 0 Å². The molecule has 8 heteroatoms. The number of ether oxygens (including phenoxy) is 1. The molecule has 0 radical (unpaired) electrons. The van der Waals surface area contributed by atoms with Gasteiger partial charge in [0.1, 0.15) is 0 Å². The smallest absolute Gasteiger partial charge is 0.339 e. The van der Waals surface area contributed by atoms with Crippen LogP contribution >= 0.6 is 15.9 Å². The predicted molar refractivity (Wildman–Crippen MR) is 122 cm³/mol. The van der Waals surface area contributed by atoms with E-state index in [4.69, 9.17) is 4.74 Å². The van der Waals surface area contributed by atoms with Gasteiger partial charge >= 0.3 is 5.97 Å². The van der Waals surface area contributed by atoms with Gasteiger partial charge in [-0.3, -0.25) is 14.6 Å². The number of fused-ring (bicyclic) bond motifs is 1. The zero-order valence-corrected chi connectivity index (χ0v) is 18.8. The maximum atomic E-state index is 12.8. The molecule has 2 N–H and O–H groups in total. The van der Waals surface area contributed by atoms with E-state index in [0.29, 0.717) is 28.6 Å². The van der Waals surface area contributed by atoms with Crippen LogP contribution in [0.2, 0.25) is 0 Å². The molecule has 160 valence electrons. The minimum absolute atomic E-state index is 0.241. The molecule has 0 spiro atoms.